The van der Waals surface area contributed by atoms with Crippen LogP contribution in [0.3, 0.4) is 0 Å². The lowest BCUT2D eigenvalue weighted by atomic mass is 10.4. The minimum absolute atomic E-state index is 0.474. The number of rotatable bonds is 2. The molecule has 0 aliphatic carbocycles. The Morgan fingerprint density at radius 3 is 2.56 bits per heavy atom. The molecule has 0 aliphatic rings. The third-order valence-corrected chi connectivity index (χ3v) is 1.27. The van der Waals surface area contributed by atoms with Crippen LogP contribution in [0, 0.1) is 0 Å². The maximum absolute atomic E-state index is 5.59. The normalized spacial score (nSPS) is 13.7. The quantitative estimate of drug-likeness (QED) is 0.529. The first-order valence-corrected chi connectivity index (χ1v) is 2.85. The third-order valence-electron chi connectivity index (χ3n) is 0.807. The van der Waals surface area contributed by atoms with Crippen LogP contribution in [-0.2, 0) is 0 Å². The molecule has 0 rings (SSSR count). The van der Waals surface area contributed by atoms with Gasteiger partial charge in [0.25, 0.3) is 0 Å². The van der Waals surface area contributed by atoms with Gasteiger partial charge in [-0.15, -0.1) is 0 Å². The van der Waals surface area contributed by atoms with E-state index in [1.54, 1.807) is 13.2 Å². The van der Waals surface area contributed by atoms with Crippen molar-refractivity contribution in [1.29, 1.82) is 0 Å². The summed E-state index contributed by atoms with van der Waals surface area (Å²) >= 11 is 5.59. The Kier molecular flexibility index (Phi) is 3.97. The first-order valence-electron chi connectivity index (χ1n) is 2.47. The zero-order chi connectivity index (χ0) is 7.28. The number of nitrogens with zero attached hydrogens (tertiary/aromatic N) is 2. The van der Waals surface area contributed by atoms with E-state index in [0.29, 0.717) is 5.17 Å². The number of halogens is 1. The van der Waals surface area contributed by atoms with Crippen LogP contribution in [-0.4, -0.2) is 18.9 Å². The van der Waals surface area contributed by atoms with E-state index in [1.165, 1.54) is 0 Å². The summed E-state index contributed by atoms with van der Waals surface area (Å²) in [6, 6.07) is 0. The van der Waals surface area contributed by atoms with Crippen molar-refractivity contribution in [3.05, 3.63) is 11.8 Å². The Balaban J connectivity index is 4.19. The molecule has 3 heteroatoms. The lowest BCUT2D eigenvalue weighted by Crippen LogP contribution is -1.86. The molecular formula is C6H9ClN2. The molecule has 0 spiro atoms. The lowest BCUT2D eigenvalue weighted by Gasteiger charge is -1.90. The fraction of sp³-hybridized carbons (Fsp3) is 0.333. The Hall–Kier alpha value is -0.630. The Bertz CT molecular complexity index is 158. The molecule has 0 heterocycles. The Morgan fingerprint density at radius 1 is 1.67 bits per heavy atom. The maximum atomic E-state index is 5.59. The largest absolute Gasteiger partial charge is 0.276 e. The van der Waals surface area contributed by atoms with Crippen molar-refractivity contribution >= 4 is 23.5 Å². The van der Waals surface area contributed by atoms with Crippen molar-refractivity contribution in [2.24, 2.45) is 9.98 Å². The van der Waals surface area contributed by atoms with Crippen LogP contribution in [0.2, 0.25) is 0 Å². The summed E-state index contributed by atoms with van der Waals surface area (Å²) < 4.78 is 0. The first kappa shape index (κ1) is 8.37. The fourth-order valence-electron chi connectivity index (χ4n) is 0.367. The van der Waals surface area contributed by atoms with Crippen LogP contribution in [0.1, 0.15) is 6.92 Å². The van der Waals surface area contributed by atoms with Gasteiger partial charge in [0.1, 0.15) is 5.17 Å². The van der Waals surface area contributed by atoms with Crippen molar-refractivity contribution in [2.45, 2.75) is 6.92 Å². The molecule has 0 unspecified atom stereocenters. The van der Waals surface area contributed by atoms with Gasteiger partial charge in [-0.2, -0.15) is 0 Å². The summed E-state index contributed by atoms with van der Waals surface area (Å²) in [6.45, 7) is 5.10. The van der Waals surface area contributed by atoms with Crippen molar-refractivity contribution in [3.63, 3.8) is 0 Å². The number of hydrogen-bond donors (Lipinski definition) is 0. The SMILES string of the molecule is C=N/C=C(C)\C(Cl)=N/C. The van der Waals surface area contributed by atoms with Crippen molar-refractivity contribution in [3.8, 4) is 0 Å². The van der Waals surface area contributed by atoms with Gasteiger partial charge in [0.05, 0.1) is 0 Å². The minimum Gasteiger partial charge on any atom is -0.276 e. The van der Waals surface area contributed by atoms with Crippen LogP contribution < -0.4 is 0 Å². The predicted molar refractivity (Wildman–Crippen MR) is 42.5 cm³/mol. The second-order valence-electron chi connectivity index (χ2n) is 1.51. The van der Waals surface area contributed by atoms with E-state index in [2.05, 4.69) is 16.7 Å². The van der Waals surface area contributed by atoms with Gasteiger partial charge in [0, 0.05) is 18.8 Å². The topological polar surface area (TPSA) is 24.7 Å². The molecule has 0 saturated heterocycles. The summed E-state index contributed by atoms with van der Waals surface area (Å²) in [7, 11) is 1.63. The van der Waals surface area contributed by atoms with E-state index in [-0.39, 0.29) is 0 Å². The standard InChI is InChI=1S/C6H9ClN2/c1-5(4-8-2)6(7)9-3/h4H,2H2,1,3H3/b5-4-,9-6+. The molecule has 0 amide bonds. The van der Waals surface area contributed by atoms with E-state index in [0.717, 1.165) is 5.57 Å². The molecular weight excluding hydrogens is 136 g/mol. The molecule has 0 bridgehead atoms. The summed E-state index contributed by atoms with van der Waals surface area (Å²) in [6.07, 6.45) is 1.56. The zero-order valence-electron chi connectivity index (χ0n) is 5.56. The lowest BCUT2D eigenvalue weighted by molar-refractivity contribution is 1.41. The third kappa shape index (κ3) is 3.03. The van der Waals surface area contributed by atoms with E-state index >= 15 is 0 Å². The maximum Gasteiger partial charge on any atom is 0.127 e. The summed E-state index contributed by atoms with van der Waals surface area (Å²) in [4.78, 5) is 7.26. The van der Waals surface area contributed by atoms with Gasteiger partial charge in [-0.1, -0.05) is 11.6 Å². The van der Waals surface area contributed by atoms with Gasteiger partial charge in [0.2, 0.25) is 0 Å². The average Bonchev–Trinajstić information content (AvgIpc) is 1.87. The first-order chi connectivity index (χ1) is 4.22. The molecule has 0 atom stereocenters. The van der Waals surface area contributed by atoms with Gasteiger partial charge in [-0.25, -0.2) is 0 Å². The molecule has 2 nitrogen and oxygen atoms in total. The van der Waals surface area contributed by atoms with E-state index in [1.807, 2.05) is 6.92 Å². The number of aliphatic imine (C=N–C) groups is 2. The van der Waals surface area contributed by atoms with Crippen LogP contribution in [0.25, 0.3) is 0 Å². The van der Waals surface area contributed by atoms with Gasteiger partial charge in [-0.05, 0) is 13.6 Å². The number of hydrogen-bond acceptors (Lipinski definition) is 2. The fourth-order valence-corrected chi connectivity index (χ4v) is 0.415. The minimum atomic E-state index is 0.474. The molecule has 9 heavy (non-hydrogen) atoms. The molecule has 0 aromatic carbocycles. The van der Waals surface area contributed by atoms with Crippen molar-refractivity contribution in [1.82, 2.24) is 0 Å². The highest BCUT2D eigenvalue weighted by Crippen LogP contribution is 2.00. The molecule has 0 radical (unpaired) electrons. The van der Waals surface area contributed by atoms with Crippen LogP contribution in [0.5, 0.6) is 0 Å². The van der Waals surface area contributed by atoms with Crippen molar-refractivity contribution < 1.29 is 0 Å². The van der Waals surface area contributed by atoms with E-state index in [4.69, 9.17) is 11.6 Å². The zero-order valence-corrected chi connectivity index (χ0v) is 6.31. The number of allylic oxidation sites excluding steroid dienone is 1. The molecule has 0 aromatic rings. The molecule has 0 aromatic heterocycles. The predicted octanol–water partition coefficient (Wildman–Crippen LogP) is 1.86. The van der Waals surface area contributed by atoms with Crippen LogP contribution in [0.4, 0.5) is 0 Å². The smallest absolute Gasteiger partial charge is 0.127 e. The van der Waals surface area contributed by atoms with Crippen molar-refractivity contribution in [2.75, 3.05) is 7.05 Å². The van der Waals surface area contributed by atoms with Crippen LogP contribution >= 0.6 is 11.6 Å². The van der Waals surface area contributed by atoms with E-state index in [9.17, 15) is 0 Å². The highest BCUT2D eigenvalue weighted by molar-refractivity contribution is 6.69. The summed E-state index contributed by atoms with van der Waals surface area (Å²) in [5, 5.41) is 0.474. The highest BCUT2D eigenvalue weighted by Gasteiger charge is 1.91. The second-order valence-corrected chi connectivity index (χ2v) is 1.87. The van der Waals surface area contributed by atoms with Gasteiger partial charge >= 0.3 is 0 Å². The Labute approximate surface area is 60.0 Å². The second kappa shape index (κ2) is 4.27. The molecule has 0 N–H and O–H groups in total. The highest BCUT2D eigenvalue weighted by atomic mass is 35.5. The summed E-state index contributed by atoms with van der Waals surface area (Å²) in [5.74, 6) is 0. The molecule has 0 aliphatic heterocycles. The van der Waals surface area contributed by atoms with Gasteiger partial charge < -0.3 is 0 Å². The molecule has 0 fully saturated rings. The monoisotopic (exact) mass is 144 g/mol. The summed E-state index contributed by atoms with van der Waals surface area (Å²) in [5.41, 5.74) is 0.828. The molecule has 50 valence electrons. The van der Waals surface area contributed by atoms with Gasteiger partial charge in [-0.3, -0.25) is 9.98 Å². The van der Waals surface area contributed by atoms with Gasteiger partial charge in [0.15, 0.2) is 0 Å². The average molecular weight is 145 g/mol. The molecule has 0 saturated carbocycles. The van der Waals surface area contributed by atoms with E-state index < -0.39 is 0 Å². The Morgan fingerprint density at radius 2 is 2.22 bits per heavy atom. The van der Waals surface area contributed by atoms with Crippen LogP contribution in [0.15, 0.2) is 21.8 Å².